The van der Waals surface area contributed by atoms with Crippen molar-refractivity contribution < 1.29 is 9.53 Å². The molecular formula is C15H20N2O2. The molecule has 1 amide bonds. The van der Waals surface area contributed by atoms with Gasteiger partial charge in [-0.2, -0.15) is 0 Å². The molecule has 0 aromatic heterocycles. The Kier molecular flexibility index (Phi) is 3.19. The lowest BCUT2D eigenvalue weighted by atomic mass is 9.80. The van der Waals surface area contributed by atoms with Crippen LogP contribution in [-0.4, -0.2) is 31.7 Å². The lowest BCUT2D eigenvalue weighted by molar-refractivity contribution is -0.0679. The molecule has 0 atom stereocenters. The summed E-state index contributed by atoms with van der Waals surface area (Å²) in [5.74, 6) is -0.00183. The first kappa shape index (κ1) is 12.5. The van der Waals surface area contributed by atoms with Crippen molar-refractivity contribution in [2.75, 3.05) is 25.5 Å². The first-order valence-corrected chi connectivity index (χ1v) is 6.93. The zero-order valence-electron chi connectivity index (χ0n) is 11.3. The number of anilines is 1. The molecule has 0 spiro atoms. The summed E-state index contributed by atoms with van der Waals surface area (Å²) in [6, 6.07) is 5.87. The lowest BCUT2D eigenvalue weighted by Crippen LogP contribution is -2.49. The van der Waals surface area contributed by atoms with Crippen molar-refractivity contribution >= 4 is 11.6 Å². The van der Waals surface area contributed by atoms with Crippen molar-refractivity contribution in [1.82, 2.24) is 5.32 Å². The van der Waals surface area contributed by atoms with Gasteiger partial charge in [0.05, 0.1) is 5.60 Å². The molecule has 0 bridgehead atoms. The molecule has 102 valence electrons. The van der Waals surface area contributed by atoms with Crippen LogP contribution in [0.5, 0.6) is 0 Å². The van der Waals surface area contributed by atoms with E-state index in [0.717, 1.165) is 37.1 Å². The molecule has 0 radical (unpaired) electrons. The van der Waals surface area contributed by atoms with E-state index in [4.69, 9.17) is 4.74 Å². The highest BCUT2D eigenvalue weighted by Crippen LogP contribution is 2.34. The van der Waals surface area contributed by atoms with Crippen LogP contribution in [0.2, 0.25) is 0 Å². The van der Waals surface area contributed by atoms with E-state index >= 15 is 0 Å². The summed E-state index contributed by atoms with van der Waals surface area (Å²) in [5, 5.41) is 6.30. The Labute approximate surface area is 113 Å². The van der Waals surface area contributed by atoms with E-state index in [1.54, 1.807) is 7.11 Å². The van der Waals surface area contributed by atoms with Crippen LogP contribution in [-0.2, 0) is 11.2 Å². The first-order chi connectivity index (χ1) is 9.22. The van der Waals surface area contributed by atoms with E-state index in [0.29, 0.717) is 6.54 Å². The van der Waals surface area contributed by atoms with E-state index in [-0.39, 0.29) is 11.5 Å². The minimum absolute atomic E-state index is 0.00183. The molecule has 1 saturated carbocycles. The van der Waals surface area contributed by atoms with Crippen LogP contribution in [0.25, 0.3) is 0 Å². The van der Waals surface area contributed by atoms with Crippen LogP contribution in [0.15, 0.2) is 18.2 Å². The number of benzene rings is 1. The van der Waals surface area contributed by atoms with Gasteiger partial charge in [-0.05, 0) is 49.4 Å². The third-order valence-corrected chi connectivity index (χ3v) is 4.35. The fourth-order valence-electron chi connectivity index (χ4n) is 2.81. The number of carbonyl (C=O) groups is 1. The van der Waals surface area contributed by atoms with Crippen LogP contribution in [0.3, 0.4) is 0 Å². The highest BCUT2D eigenvalue weighted by atomic mass is 16.5. The van der Waals surface area contributed by atoms with Gasteiger partial charge in [0.1, 0.15) is 0 Å². The van der Waals surface area contributed by atoms with Crippen LogP contribution < -0.4 is 10.6 Å². The second-order valence-corrected chi connectivity index (χ2v) is 5.47. The van der Waals surface area contributed by atoms with Gasteiger partial charge in [0.2, 0.25) is 0 Å². The van der Waals surface area contributed by atoms with Crippen LogP contribution in [0.1, 0.15) is 35.2 Å². The quantitative estimate of drug-likeness (QED) is 0.870. The van der Waals surface area contributed by atoms with Gasteiger partial charge in [0.25, 0.3) is 5.91 Å². The van der Waals surface area contributed by atoms with Crippen molar-refractivity contribution in [2.24, 2.45) is 0 Å². The topological polar surface area (TPSA) is 50.4 Å². The van der Waals surface area contributed by atoms with Crippen LogP contribution >= 0.6 is 0 Å². The van der Waals surface area contributed by atoms with Crippen molar-refractivity contribution in [3.8, 4) is 0 Å². The zero-order chi connectivity index (χ0) is 13.3. The van der Waals surface area contributed by atoms with Gasteiger partial charge < -0.3 is 15.4 Å². The molecule has 4 heteroatoms. The van der Waals surface area contributed by atoms with E-state index < -0.39 is 0 Å². The molecule has 1 aromatic rings. The van der Waals surface area contributed by atoms with E-state index in [1.165, 1.54) is 12.0 Å². The van der Waals surface area contributed by atoms with E-state index in [1.807, 2.05) is 18.2 Å². The predicted molar refractivity (Wildman–Crippen MR) is 74.6 cm³/mol. The maximum Gasteiger partial charge on any atom is 0.251 e. The average molecular weight is 260 g/mol. The van der Waals surface area contributed by atoms with Gasteiger partial charge in [-0.15, -0.1) is 0 Å². The molecule has 1 fully saturated rings. The van der Waals surface area contributed by atoms with Crippen molar-refractivity contribution in [2.45, 2.75) is 31.3 Å². The number of hydrogen-bond acceptors (Lipinski definition) is 3. The largest absolute Gasteiger partial charge is 0.384 e. The number of nitrogens with one attached hydrogen (secondary N) is 2. The number of carbonyl (C=O) groups excluding carboxylic acids is 1. The second kappa shape index (κ2) is 4.85. The number of hydrogen-bond donors (Lipinski definition) is 2. The van der Waals surface area contributed by atoms with E-state index in [2.05, 4.69) is 10.6 Å². The van der Waals surface area contributed by atoms with Crippen molar-refractivity contribution in [3.63, 3.8) is 0 Å². The summed E-state index contributed by atoms with van der Waals surface area (Å²) in [6.45, 7) is 1.57. The maximum absolute atomic E-state index is 12.2. The Morgan fingerprint density at radius 1 is 1.47 bits per heavy atom. The molecule has 0 saturated heterocycles. The summed E-state index contributed by atoms with van der Waals surface area (Å²) in [4.78, 5) is 12.2. The van der Waals surface area contributed by atoms with Gasteiger partial charge >= 0.3 is 0 Å². The SMILES string of the molecule is COC1(CNC(=O)c2ccc3c(c2)CCN3)CCC1. The van der Waals surface area contributed by atoms with Crippen molar-refractivity contribution in [3.05, 3.63) is 29.3 Å². The maximum atomic E-state index is 12.2. The van der Waals surface area contributed by atoms with Gasteiger partial charge in [-0.1, -0.05) is 0 Å². The molecule has 1 aliphatic carbocycles. The second-order valence-electron chi connectivity index (χ2n) is 5.47. The summed E-state index contributed by atoms with van der Waals surface area (Å²) in [6.07, 6.45) is 4.27. The van der Waals surface area contributed by atoms with E-state index in [9.17, 15) is 4.79 Å². The molecule has 19 heavy (non-hydrogen) atoms. The van der Waals surface area contributed by atoms with Gasteiger partial charge in [0, 0.05) is 31.5 Å². The van der Waals surface area contributed by atoms with Gasteiger partial charge in [-0.25, -0.2) is 0 Å². The van der Waals surface area contributed by atoms with Gasteiger partial charge in [0.15, 0.2) is 0 Å². The molecule has 1 aliphatic heterocycles. The van der Waals surface area contributed by atoms with Gasteiger partial charge in [-0.3, -0.25) is 4.79 Å². The highest BCUT2D eigenvalue weighted by Gasteiger charge is 2.37. The molecule has 2 aliphatic rings. The zero-order valence-corrected chi connectivity index (χ0v) is 11.3. The third kappa shape index (κ3) is 2.32. The molecule has 1 heterocycles. The number of rotatable bonds is 4. The Balaban J connectivity index is 1.64. The normalized spacial score (nSPS) is 19.2. The van der Waals surface area contributed by atoms with Crippen LogP contribution in [0, 0.1) is 0 Å². The Bertz CT molecular complexity index is 489. The molecule has 0 unspecified atom stereocenters. The average Bonchev–Trinajstić information content (AvgIpc) is 2.84. The number of ether oxygens (including phenoxy) is 1. The Morgan fingerprint density at radius 2 is 2.32 bits per heavy atom. The molecule has 1 aromatic carbocycles. The van der Waals surface area contributed by atoms with Crippen LogP contribution in [0.4, 0.5) is 5.69 Å². The number of methoxy groups -OCH3 is 1. The minimum atomic E-state index is -0.117. The molecule has 2 N–H and O–H groups in total. The summed E-state index contributed by atoms with van der Waals surface area (Å²) < 4.78 is 5.51. The lowest BCUT2D eigenvalue weighted by Gasteiger charge is -2.40. The minimum Gasteiger partial charge on any atom is -0.384 e. The summed E-state index contributed by atoms with van der Waals surface area (Å²) in [5.41, 5.74) is 3.02. The standard InChI is InChI=1S/C15H20N2O2/c1-19-15(6-2-7-15)10-17-14(18)12-3-4-13-11(9-12)5-8-16-13/h3-4,9,16H,2,5-8,10H2,1H3,(H,17,18). The van der Waals surface area contributed by atoms with Crippen molar-refractivity contribution in [1.29, 1.82) is 0 Å². The molecule has 3 rings (SSSR count). The predicted octanol–water partition coefficient (Wildman–Crippen LogP) is 1.95. The number of fused-ring (bicyclic) bond motifs is 1. The molecule has 4 nitrogen and oxygen atoms in total. The highest BCUT2D eigenvalue weighted by molar-refractivity contribution is 5.95. The fourth-order valence-corrected chi connectivity index (χ4v) is 2.81. The monoisotopic (exact) mass is 260 g/mol. The third-order valence-electron chi connectivity index (χ3n) is 4.35. The molecular weight excluding hydrogens is 240 g/mol. The Hall–Kier alpha value is -1.55. The Morgan fingerprint density at radius 3 is 3.00 bits per heavy atom. The fraction of sp³-hybridized carbons (Fsp3) is 0.533. The smallest absolute Gasteiger partial charge is 0.251 e. The number of amides is 1. The summed E-state index contributed by atoms with van der Waals surface area (Å²) in [7, 11) is 1.73. The first-order valence-electron chi connectivity index (χ1n) is 6.93. The summed E-state index contributed by atoms with van der Waals surface area (Å²) >= 11 is 0.